The van der Waals surface area contributed by atoms with Gasteiger partial charge in [0.1, 0.15) is 0 Å². The quantitative estimate of drug-likeness (QED) is 0.833. The first-order valence-corrected chi connectivity index (χ1v) is 6.49. The first-order chi connectivity index (χ1) is 8.43. The zero-order valence-corrected chi connectivity index (χ0v) is 10.1. The van der Waals surface area contributed by atoms with Crippen LogP contribution in [0.2, 0.25) is 0 Å². The normalized spacial score (nSPS) is 25.9. The number of hydrogen-bond donors (Lipinski definition) is 1. The van der Waals surface area contributed by atoms with Crippen molar-refractivity contribution in [1.82, 2.24) is 15.2 Å². The van der Waals surface area contributed by atoms with E-state index in [1.54, 1.807) is 0 Å². The molecule has 1 atom stereocenters. The largest absolute Gasteiger partial charge is 0.314 e. The third-order valence-corrected chi connectivity index (χ3v) is 3.76. The highest BCUT2D eigenvalue weighted by Gasteiger charge is 2.23. The van der Waals surface area contributed by atoms with Gasteiger partial charge >= 0.3 is 0 Å². The molecule has 3 heteroatoms. The lowest BCUT2D eigenvalue weighted by Crippen LogP contribution is -2.47. The van der Waals surface area contributed by atoms with Gasteiger partial charge < -0.3 is 5.32 Å². The van der Waals surface area contributed by atoms with Gasteiger partial charge in [-0.05, 0) is 30.0 Å². The lowest BCUT2D eigenvalue weighted by Gasteiger charge is -2.31. The topological polar surface area (TPSA) is 28.2 Å². The predicted molar refractivity (Wildman–Crippen MR) is 69.7 cm³/mol. The second kappa shape index (κ2) is 4.98. The minimum absolute atomic E-state index is 0.646. The Morgan fingerprint density at radius 1 is 1.29 bits per heavy atom. The molecule has 0 amide bonds. The van der Waals surface area contributed by atoms with E-state index >= 15 is 0 Å². The maximum Gasteiger partial charge on any atom is 0.0342 e. The number of nitrogens with zero attached hydrogens (tertiary/aromatic N) is 2. The molecule has 1 aliphatic heterocycles. The number of pyridine rings is 1. The molecule has 0 saturated carbocycles. The lowest BCUT2D eigenvalue weighted by atomic mass is 10.1. The molecule has 2 heterocycles. The minimum Gasteiger partial charge on any atom is -0.314 e. The number of piperazine rings is 1. The van der Waals surface area contributed by atoms with Crippen LogP contribution in [0.25, 0.3) is 5.57 Å². The summed E-state index contributed by atoms with van der Waals surface area (Å²) in [6, 6.07) is 4.83. The first kappa shape index (κ1) is 10.9. The molecule has 3 nitrogen and oxygen atoms in total. The number of aromatic nitrogens is 1. The summed E-state index contributed by atoms with van der Waals surface area (Å²) in [5, 5.41) is 3.41. The first-order valence-electron chi connectivity index (χ1n) is 6.49. The van der Waals surface area contributed by atoms with Gasteiger partial charge in [0.25, 0.3) is 0 Å². The van der Waals surface area contributed by atoms with E-state index in [1.807, 2.05) is 18.5 Å². The van der Waals surface area contributed by atoms with Crippen LogP contribution in [0, 0.1) is 0 Å². The van der Waals surface area contributed by atoms with Crippen molar-refractivity contribution in [3.8, 4) is 0 Å². The van der Waals surface area contributed by atoms with Crippen molar-refractivity contribution in [2.45, 2.75) is 18.9 Å². The van der Waals surface area contributed by atoms with Gasteiger partial charge in [-0.1, -0.05) is 12.1 Å². The summed E-state index contributed by atoms with van der Waals surface area (Å²) in [6.07, 6.45) is 8.73. The summed E-state index contributed by atoms with van der Waals surface area (Å²) in [4.78, 5) is 6.80. The summed E-state index contributed by atoms with van der Waals surface area (Å²) in [7, 11) is 0. The molecule has 1 N–H and O–H groups in total. The van der Waals surface area contributed by atoms with Gasteiger partial charge in [0.2, 0.25) is 0 Å². The average molecular weight is 229 g/mol. The standard InChI is InChI=1S/C14H19N3/c1-2-13(11-16-5-1)12-3-4-14(10-12)17-8-6-15-7-9-17/h1-2,5,10-11,14-15H,3-4,6-9H2. The SMILES string of the molecule is C1=C(c2cccnc2)CCC1N1CCNCC1. The molecular weight excluding hydrogens is 210 g/mol. The number of allylic oxidation sites excluding steroid dienone is 1. The van der Waals surface area contributed by atoms with E-state index in [1.165, 1.54) is 37.1 Å². The van der Waals surface area contributed by atoms with Gasteiger partial charge in [0.15, 0.2) is 0 Å². The maximum atomic E-state index is 4.20. The fourth-order valence-electron chi connectivity index (χ4n) is 2.80. The zero-order valence-electron chi connectivity index (χ0n) is 10.1. The van der Waals surface area contributed by atoms with Crippen molar-refractivity contribution >= 4 is 5.57 Å². The summed E-state index contributed by atoms with van der Waals surface area (Å²) in [6.45, 7) is 4.63. The number of rotatable bonds is 2. The Hall–Kier alpha value is -1.19. The van der Waals surface area contributed by atoms with E-state index in [2.05, 4.69) is 27.3 Å². The molecule has 0 aromatic carbocycles. The average Bonchev–Trinajstić information content (AvgIpc) is 2.90. The van der Waals surface area contributed by atoms with Crippen molar-refractivity contribution in [2.24, 2.45) is 0 Å². The van der Waals surface area contributed by atoms with Crippen molar-refractivity contribution in [3.05, 3.63) is 36.2 Å². The van der Waals surface area contributed by atoms with E-state index in [9.17, 15) is 0 Å². The molecule has 17 heavy (non-hydrogen) atoms. The van der Waals surface area contributed by atoms with E-state index in [0.717, 1.165) is 13.1 Å². The van der Waals surface area contributed by atoms with Crippen LogP contribution in [0.1, 0.15) is 18.4 Å². The molecule has 1 fully saturated rings. The van der Waals surface area contributed by atoms with Crippen molar-refractivity contribution in [1.29, 1.82) is 0 Å². The predicted octanol–water partition coefficient (Wildman–Crippen LogP) is 1.53. The summed E-state index contributed by atoms with van der Waals surface area (Å²) < 4.78 is 0. The second-order valence-corrected chi connectivity index (χ2v) is 4.83. The Morgan fingerprint density at radius 3 is 2.94 bits per heavy atom. The van der Waals surface area contributed by atoms with Crippen LogP contribution in [-0.2, 0) is 0 Å². The summed E-state index contributed by atoms with van der Waals surface area (Å²) in [5.74, 6) is 0. The molecule has 90 valence electrons. The Balaban J connectivity index is 1.72. The molecule has 1 saturated heterocycles. The van der Waals surface area contributed by atoms with Crippen LogP contribution in [0.3, 0.4) is 0 Å². The molecule has 0 radical (unpaired) electrons. The Kier molecular flexibility index (Phi) is 3.20. The van der Waals surface area contributed by atoms with Crippen LogP contribution in [-0.4, -0.2) is 42.1 Å². The third-order valence-electron chi connectivity index (χ3n) is 3.76. The highest BCUT2D eigenvalue weighted by atomic mass is 15.2. The van der Waals surface area contributed by atoms with Gasteiger partial charge in [0.05, 0.1) is 0 Å². The molecule has 1 aliphatic carbocycles. The van der Waals surface area contributed by atoms with Gasteiger partial charge in [-0.2, -0.15) is 0 Å². The highest BCUT2D eigenvalue weighted by Crippen LogP contribution is 2.30. The van der Waals surface area contributed by atoms with Gasteiger partial charge in [-0.25, -0.2) is 0 Å². The monoisotopic (exact) mass is 229 g/mol. The molecule has 1 aromatic rings. The molecule has 1 aromatic heterocycles. The third kappa shape index (κ3) is 2.40. The van der Waals surface area contributed by atoms with Gasteiger partial charge in [0, 0.05) is 44.6 Å². The van der Waals surface area contributed by atoms with Crippen LogP contribution in [0.5, 0.6) is 0 Å². The molecule has 1 unspecified atom stereocenters. The molecular formula is C14H19N3. The maximum absolute atomic E-state index is 4.20. The van der Waals surface area contributed by atoms with Gasteiger partial charge in [-0.3, -0.25) is 9.88 Å². The molecule has 2 aliphatic rings. The summed E-state index contributed by atoms with van der Waals surface area (Å²) in [5.41, 5.74) is 2.77. The zero-order chi connectivity index (χ0) is 11.5. The fraction of sp³-hybridized carbons (Fsp3) is 0.500. The minimum atomic E-state index is 0.646. The molecule has 0 spiro atoms. The van der Waals surface area contributed by atoms with E-state index in [-0.39, 0.29) is 0 Å². The Labute approximate surface area is 103 Å². The van der Waals surface area contributed by atoms with E-state index < -0.39 is 0 Å². The van der Waals surface area contributed by atoms with E-state index in [0.29, 0.717) is 6.04 Å². The molecule has 3 rings (SSSR count). The van der Waals surface area contributed by atoms with Crippen LogP contribution >= 0.6 is 0 Å². The number of nitrogens with one attached hydrogen (secondary N) is 1. The Bertz CT molecular complexity index is 393. The summed E-state index contributed by atoms with van der Waals surface area (Å²) >= 11 is 0. The second-order valence-electron chi connectivity index (χ2n) is 4.83. The smallest absolute Gasteiger partial charge is 0.0342 e. The Morgan fingerprint density at radius 2 is 2.18 bits per heavy atom. The lowest BCUT2D eigenvalue weighted by molar-refractivity contribution is 0.200. The van der Waals surface area contributed by atoms with Crippen molar-refractivity contribution in [2.75, 3.05) is 26.2 Å². The molecule has 0 bridgehead atoms. The van der Waals surface area contributed by atoms with Crippen molar-refractivity contribution < 1.29 is 0 Å². The number of hydrogen-bond acceptors (Lipinski definition) is 3. The van der Waals surface area contributed by atoms with Crippen molar-refractivity contribution in [3.63, 3.8) is 0 Å². The fourth-order valence-corrected chi connectivity index (χ4v) is 2.80. The highest BCUT2D eigenvalue weighted by molar-refractivity contribution is 5.67. The van der Waals surface area contributed by atoms with Crippen LogP contribution < -0.4 is 5.32 Å². The van der Waals surface area contributed by atoms with E-state index in [4.69, 9.17) is 0 Å². The van der Waals surface area contributed by atoms with Crippen LogP contribution in [0.4, 0.5) is 0 Å². The van der Waals surface area contributed by atoms with Gasteiger partial charge in [-0.15, -0.1) is 0 Å². The van der Waals surface area contributed by atoms with Crippen LogP contribution in [0.15, 0.2) is 30.6 Å².